The largest absolute Gasteiger partial charge is 0.339 e. The van der Waals surface area contributed by atoms with E-state index in [-0.39, 0.29) is 5.28 Å². The number of rotatable bonds is 1. The van der Waals surface area contributed by atoms with E-state index in [2.05, 4.69) is 26.7 Å². The molecule has 0 spiro atoms. The number of aromatic nitrogens is 2. The average molecular weight is 270 g/mol. The maximum Gasteiger partial charge on any atom is 0.222 e. The number of benzene rings is 1. The summed E-state index contributed by atoms with van der Waals surface area (Å²) in [6.45, 7) is 0. The van der Waals surface area contributed by atoms with Gasteiger partial charge in [-0.25, -0.2) is 9.97 Å². The van der Waals surface area contributed by atoms with E-state index in [1.165, 1.54) is 6.20 Å². The molecule has 1 aliphatic rings. The van der Waals surface area contributed by atoms with Crippen molar-refractivity contribution in [3.8, 4) is 6.07 Å². The summed E-state index contributed by atoms with van der Waals surface area (Å²) in [5.41, 5.74) is 2.71. The highest BCUT2D eigenvalue weighted by Gasteiger charge is 2.19. The van der Waals surface area contributed by atoms with E-state index in [1.807, 2.05) is 24.3 Å². The van der Waals surface area contributed by atoms with Crippen LogP contribution < -0.4 is 10.6 Å². The van der Waals surface area contributed by atoms with Gasteiger partial charge >= 0.3 is 0 Å². The number of nitrogens with zero attached hydrogens (tertiary/aromatic N) is 3. The van der Waals surface area contributed by atoms with Crippen molar-refractivity contribution in [2.75, 3.05) is 10.6 Å². The second-order valence-electron chi connectivity index (χ2n) is 3.87. The van der Waals surface area contributed by atoms with E-state index in [1.54, 1.807) is 6.07 Å². The molecular weight excluding hydrogens is 262 g/mol. The minimum atomic E-state index is 0.112. The Bertz CT molecular complexity index is 690. The maximum absolute atomic E-state index is 9.32. The van der Waals surface area contributed by atoms with Gasteiger partial charge in [-0.05, 0) is 29.8 Å². The number of anilines is 2. The first-order chi connectivity index (χ1) is 9.28. The highest BCUT2D eigenvalue weighted by atomic mass is 35.5. The van der Waals surface area contributed by atoms with Gasteiger partial charge in [-0.2, -0.15) is 5.26 Å². The Morgan fingerprint density at radius 1 is 1.16 bits per heavy atom. The van der Waals surface area contributed by atoms with Gasteiger partial charge in [0, 0.05) is 6.20 Å². The van der Waals surface area contributed by atoms with Crippen LogP contribution in [0.1, 0.15) is 5.69 Å². The molecule has 0 radical (unpaired) electrons. The molecule has 3 rings (SSSR count). The molecule has 0 saturated heterocycles. The molecule has 1 aromatic carbocycles. The van der Waals surface area contributed by atoms with Crippen LogP contribution >= 0.6 is 11.6 Å². The van der Waals surface area contributed by atoms with Crippen molar-refractivity contribution < 1.29 is 0 Å². The van der Waals surface area contributed by atoms with Crippen molar-refractivity contribution in [3.05, 3.63) is 53.3 Å². The molecule has 0 fully saturated rings. The predicted octanol–water partition coefficient (Wildman–Crippen LogP) is 2.86. The van der Waals surface area contributed by atoms with E-state index in [4.69, 9.17) is 11.6 Å². The first-order valence-electron chi connectivity index (χ1n) is 5.54. The Kier molecular flexibility index (Phi) is 2.78. The van der Waals surface area contributed by atoms with Crippen LogP contribution in [0.25, 0.3) is 5.57 Å². The molecule has 6 heteroatoms. The van der Waals surface area contributed by atoms with Crippen LogP contribution in [-0.4, -0.2) is 9.97 Å². The lowest BCUT2D eigenvalue weighted by atomic mass is 10.2. The maximum atomic E-state index is 9.32. The molecule has 92 valence electrons. The van der Waals surface area contributed by atoms with E-state index in [0.717, 1.165) is 11.4 Å². The first kappa shape index (κ1) is 11.5. The number of allylic oxidation sites excluding steroid dienone is 1. The van der Waals surface area contributed by atoms with Crippen LogP contribution in [0.15, 0.2) is 42.3 Å². The molecule has 0 saturated carbocycles. The van der Waals surface area contributed by atoms with Crippen LogP contribution in [0.4, 0.5) is 11.4 Å². The van der Waals surface area contributed by atoms with Crippen LogP contribution in [0.5, 0.6) is 0 Å². The molecule has 5 nitrogen and oxygen atoms in total. The van der Waals surface area contributed by atoms with E-state index in [9.17, 15) is 5.26 Å². The van der Waals surface area contributed by atoms with E-state index in [0.29, 0.717) is 17.1 Å². The molecule has 0 aliphatic carbocycles. The summed E-state index contributed by atoms with van der Waals surface area (Å²) in [6, 6.07) is 11.5. The Hall–Kier alpha value is -2.58. The fraction of sp³-hybridized carbons (Fsp3) is 0. The number of fused-ring (bicyclic) bond motifs is 1. The highest BCUT2D eigenvalue weighted by molar-refractivity contribution is 6.28. The Morgan fingerprint density at radius 2 is 1.84 bits per heavy atom. The van der Waals surface area contributed by atoms with Crippen molar-refractivity contribution in [2.24, 2.45) is 0 Å². The number of para-hydroxylation sites is 2. The lowest BCUT2D eigenvalue weighted by Gasteiger charge is -2.04. The zero-order valence-corrected chi connectivity index (χ0v) is 10.4. The van der Waals surface area contributed by atoms with Crippen molar-refractivity contribution in [1.82, 2.24) is 9.97 Å². The molecule has 19 heavy (non-hydrogen) atoms. The van der Waals surface area contributed by atoms with Gasteiger partial charge in [0.1, 0.15) is 17.5 Å². The van der Waals surface area contributed by atoms with Crippen LogP contribution in [0.3, 0.4) is 0 Å². The van der Waals surface area contributed by atoms with Gasteiger partial charge in [0.25, 0.3) is 0 Å². The van der Waals surface area contributed by atoms with Crippen molar-refractivity contribution in [3.63, 3.8) is 0 Å². The first-order valence-corrected chi connectivity index (χ1v) is 5.92. The van der Waals surface area contributed by atoms with E-state index < -0.39 is 0 Å². The number of halogens is 1. The highest BCUT2D eigenvalue weighted by Crippen LogP contribution is 2.32. The summed E-state index contributed by atoms with van der Waals surface area (Å²) < 4.78 is 0. The number of hydrogen-bond acceptors (Lipinski definition) is 5. The molecular formula is C13H8ClN5. The monoisotopic (exact) mass is 269 g/mol. The zero-order valence-electron chi connectivity index (χ0n) is 9.68. The minimum Gasteiger partial charge on any atom is -0.339 e. The van der Waals surface area contributed by atoms with Crippen molar-refractivity contribution in [1.29, 1.82) is 5.26 Å². The Labute approximate surface area is 114 Å². The normalized spacial score (nSPS) is 12.1. The zero-order chi connectivity index (χ0) is 13.2. The van der Waals surface area contributed by atoms with Gasteiger partial charge in [0.05, 0.1) is 17.1 Å². The fourth-order valence-electron chi connectivity index (χ4n) is 1.84. The van der Waals surface area contributed by atoms with Gasteiger partial charge in [0.2, 0.25) is 5.28 Å². The summed E-state index contributed by atoms with van der Waals surface area (Å²) in [5, 5.41) is 15.7. The third-order valence-corrected chi connectivity index (χ3v) is 2.87. The summed E-state index contributed by atoms with van der Waals surface area (Å²) in [7, 11) is 0. The SMILES string of the molecule is N#CC(=C1Nc2ccccc2N1)c1ccnc(Cl)n1. The van der Waals surface area contributed by atoms with E-state index >= 15 is 0 Å². The second-order valence-corrected chi connectivity index (χ2v) is 4.21. The smallest absolute Gasteiger partial charge is 0.222 e. The molecule has 0 bridgehead atoms. The third-order valence-electron chi connectivity index (χ3n) is 2.69. The molecule has 2 heterocycles. The minimum absolute atomic E-state index is 0.112. The molecule has 0 amide bonds. The standard InChI is InChI=1S/C13H8ClN5/c14-13-16-6-5-9(19-13)8(7-15)12-17-10-3-1-2-4-11(10)18-12/h1-6,17-18H. The molecule has 0 atom stereocenters. The van der Waals surface area contributed by atoms with Gasteiger partial charge < -0.3 is 10.6 Å². The molecule has 1 aromatic heterocycles. The topological polar surface area (TPSA) is 73.6 Å². The Morgan fingerprint density at radius 3 is 2.42 bits per heavy atom. The van der Waals surface area contributed by atoms with Crippen molar-refractivity contribution >= 4 is 28.5 Å². The number of nitrogens with one attached hydrogen (secondary N) is 2. The van der Waals surface area contributed by atoms with Crippen LogP contribution in [0, 0.1) is 11.3 Å². The predicted molar refractivity (Wildman–Crippen MR) is 73.3 cm³/mol. The summed E-state index contributed by atoms with van der Waals surface area (Å²) in [4.78, 5) is 7.85. The Balaban J connectivity index is 2.06. The molecule has 2 aromatic rings. The average Bonchev–Trinajstić information content (AvgIpc) is 2.83. The summed E-state index contributed by atoms with van der Waals surface area (Å²) in [5.74, 6) is 0.596. The second kappa shape index (κ2) is 4.59. The van der Waals surface area contributed by atoms with Crippen molar-refractivity contribution in [2.45, 2.75) is 0 Å². The molecule has 1 aliphatic heterocycles. The van der Waals surface area contributed by atoms with Gasteiger partial charge in [-0.3, -0.25) is 0 Å². The lowest BCUT2D eigenvalue weighted by Crippen LogP contribution is -2.04. The quantitative estimate of drug-likeness (QED) is 0.615. The van der Waals surface area contributed by atoms with Crippen LogP contribution in [0.2, 0.25) is 5.28 Å². The molecule has 0 unspecified atom stereocenters. The number of nitriles is 1. The van der Waals surface area contributed by atoms with Crippen LogP contribution in [-0.2, 0) is 0 Å². The number of hydrogen-bond donors (Lipinski definition) is 2. The van der Waals surface area contributed by atoms with Gasteiger partial charge in [-0.15, -0.1) is 0 Å². The summed E-state index contributed by atoms with van der Waals surface area (Å²) >= 11 is 5.75. The lowest BCUT2D eigenvalue weighted by molar-refractivity contribution is 1.14. The third kappa shape index (κ3) is 2.09. The van der Waals surface area contributed by atoms with Gasteiger partial charge in [-0.1, -0.05) is 12.1 Å². The van der Waals surface area contributed by atoms with Gasteiger partial charge in [0.15, 0.2) is 0 Å². The molecule has 2 N–H and O–H groups in total. The fourth-order valence-corrected chi connectivity index (χ4v) is 1.99. The summed E-state index contributed by atoms with van der Waals surface area (Å²) in [6.07, 6.45) is 1.52.